The van der Waals surface area contributed by atoms with E-state index in [4.69, 9.17) is 10.1 Å². The molecule has 2 aromatic rings. The van der Waals surface area contributed by atoms with E-state index in [0.717, 1.165) is 18.8 Å². The highest BCUT2D eigenvalue weighted by atomic mass is 32.1. The molecular formula is C13H15NOS. The number of rotatable bonds is 4. The summed E-state index contributed by atoms with van der Waals surface area (Å²) in [6.45, 7) is 0.260. The van der Waals surface area contributed by atoms with Gasteiger partial charge >= 0.3 is 0 Å². The highest BCUT2D eigenvalue weighted by molar-refractivity contribution is 7.18. The van der Waals surface area contributed by atoms with E-state index in [1.54, 1.807) is 0 Å². The molecule has 0 saturated heterocycles. The average Bonchev–Trinajstić information content (AvgIpc) is 3.06. The van der Waals surface area contributed by atoms with Crippen LogP contribution in [0.4, 0.5) is 0 Å². The number of benzene rings is 1. The van der Waals surface area contributed by atoms with Gasteiger partial charge in [-0.05, 0) is 37.3 Å². The van der Waals surface area contributed by atoms with E-state index < -0.39 is 0 Å². The van der Waals surface area contributed by atoms with Gasteiger partial charge in [-0.3, -0.25) is 0 Å². The lowest BCUT2D eigenvalue weighted by Gasteiger charge is -1.99. The standard InChI is InChI=1S/C13H15NOS/c15-8-2-4-9-3-1-5-11-12(9)14-13(16-11)10-6-7-10/h1,3,5,10,15H,2,4,6-8H2. The number of para-hydroxylation sites is 1. The number of hydrogen-bond acceptors (Lipinski definition) is 3. The zero-order valence-corrected chi connectivity index (χ0v) is 9.96. The molecule has 0 radical (unpaired) electrons. The van der Waals surface area contributed by atoms with Gasteiger partial charge in [-0.15, -0.1) is 11.3 Å². The second-order valence-electron chi connectivity index (χ2n) is 4.42. The molecule has 0 spiro atoms. The number of fused-ring (bicyclic) bond motifs is 1. The molecule has 0 amide bonds. The summed E-state index contributed by atoms with van der Waals surface area (Å²) in [4.78, 5) is 4.76. The van der Waals surface area contributed by atoms with Gasteiger partial charge in [-0.1, -0.05) is 12.1 Å². The molecule has 84 valence electrons. The van der Waals surface area contributed by atoms with Crippen LogP contribution in [0, 0.1) is 0 Å². The molecule has 1 fully saturated rings. The van der Waals surface area contributed by atoms with Crippen molar-refractivity contribution in [2.45, 2.75) is 31.6 Å². The number of aliphatic hydroxyl groups excluding tert-OH is 1. The molecule has 1 saturated carbocycles. The molecule has 1 aromatic carbocycles. The van der Waals surface area contributed by atoms with Gasteiger partial charge in [-0.2, -0.15) is 0 Å². The predicted molar refractivity (Wildman–Crippen MR) is 67.0 cm³/mol. The Morgan fingerprint density at radius 1 is 1.38 bits per heavy atom. The van der Waals surface area contributed by atoms with E-state index in [1.807, 2.05) is 11.3 Å². The lowest BCUT2D eigenvalue weighted by molar-refractivity contribution is 0.289. The highest BCUT2D eigenvalue weighted by Crippen LogP contribution is 2.43. The number of aryl methyl sites for hydroxylation is 1. The zero-order valence-electron chi connectivity index (χ0n) is 9.15. The number of hydrogen-bond donors (Lipinski definition) is 1. The van der Waals surface area contributed by atoms with Crippen LogP contribution in [0.3, 0.4) is 0 Å². The Hall–Kier alpha value is -0.930. The first-order valence-electron chi connectivity index (χ1n) is 5.87. The fraction of sp³-hybridized carbons (Fsp3) is 0.462. The van der Waals surface area contributed by atoms with Crippen molar-refractivity contribution in [3.05, 3.63) is 28.8 Å². The van der Waals surface area contributed by atoms with E-state index in [9.17, 15) is 0 Å². The van der Waals surface area contributed by atoms with Gasteiger partial charge < -0.3 is 5.11 Å². The first-order chi connectivity index (χ1) is 7.88. The Morgan fingerprint density at radius 3 is 3.00 bits per heavy atom. The molecule has 1 heterocycles. The van der Waals surface area contributed by atoms with Crippen molar-refractivity contribution < 1.29 is 5.11 Å². The Kier molecular flexibility index (Phi) is 2.65. The molecule has 1 aromatic heterocycles. The minimum atomic E-state index is 0.260. The number of nitrogens with zero attached hydrogens (tertiary/aromatic N) is 1. The minimum absolute atomic E-state index is 0.260. The Balaban J connectivity index is 1.99. The monoisotopic (exact) mass is 233 g/mol. The van der Waals surface area contributed by atoms with Gasteiger partial charge in [0.05, 0.1) is 15.2 Å². The van der Waals surface area contributed by atoms with Crippen molar-refractivity contribution in [3.8, 4) is 0 Å². The topological polar surface area (TPSA) is 33.1 Å². The molecule has 1 aliphatic rings. The summed E-state index contributed by atoms with van der Waals surface area (Å²) < 4.78 is 1.30. The Labute approximate surface area is 99.0 Å². The molecular weight excluding hydrogens is 218 g/mol. The maximum absolute atomic E-state index is 8.89. The Bertz CT molecular complexity index is 502. The van der Waals surface area contributed by atoms with Gasteiger partial charge in [0, 0.05) is 12.5 Å². The summed E-state index contributed by atoms with van der Waals surface area (Å²) >= 11 is 1.84. The molecule has 1 aliphatic carbocycles. The van der Waals surface area contributed by atoms with Crippen molar-refractivity contribution in [2.75, 3.05) is 6.61 Å². The van der Waals surface area contributed by atoms with Gasteiger partial charge in [0.2, 0.25) is 0 Å². The highest BCUT2D eigenvalue weighted by Gasteiger charge is 2.27. The average molecular weight is 233 g/mol. The lowest BCUT2D eigenvalue weighted by atomic mass is 10.1. The van der Waals surface area contributed by atoms with E-state index in [2.05, 4.69) is 18.2 Å². The van der Waals surface area contributed by atoms with Crippen molar-refractivity contribution in [2.24, 2.45) is 0 Å². The van der Waals surface area contributed by atoms with Crippen LogP contribution in [-0.2, 0) is 6.42 Å². The third-order valence-corrected chi connectivity index (χ3v) is 4.23. The van der Waals surface area contributed by atoms with Crippen molar-refractivity contribution >= 4 is 21.6 Å². The second kappa shape index (κ2) is 4.15. The third kappa shape index (κ3) is 1.85. The number of aromatic nitrogens is 1. The maximum Gasteiger partial charge on any atom is 0.0969 e. The molecule has 0 atom stereocenters. The molecule has 0 unspecified atom stereocenters. The molecule has 0 bridgehead atoms. The molecule has 3 rings (SSSR count). The molecule has 1 N–H and O–H groups in total. The fourth-order valence-electron chi connectivity index (χ4n) is 2.00. The number of thiazole rings is 1. The zero-order chi connectivity index (χ0) is 11.0. The van der Waals surface area contributed by atoms with Crippen molar-refractivity contribution in [1.82, 2.24) is 4.98 Å². The smallest absolute Gasteiger partial charge is 0.0969 e. The summed E-state index contributed by atoms with van der Waals surface area (Å²) in [6, 6.07) is 6.39. The lowest BCUT2D eigenvalue weighted by Crippen LogP contribution is -1.90. The predicted octanol–water partition coefficient (Wildman–Crippen LogP) is 3.10. The van der Waals surface area contributed by atoms with Crippen LogP contribution >= 0.6 is 11.3 Å². The van der Waals surface area contributed by atoms with Crippen molar-refractivity contribution in [3.63, 3.8) is 0 Å². The normalized spacial score (nSPS) is 15.8. The van der Waals surface area contributed by atoms with Gasteiger partial charge in [0.1, 0.15) is 0 Å². The SMILES string of the molecule is OCCCc1cccc2sc(C3CC3)nc12. The maximum atomic E-state index is 8.89. The summed E-state index contributed by atoms with van der Waals surface area (Å²) in [5, 5.41) is 10.2. The fourth-order valence-corrected chi connectivity index (χ4v) is 3.18. The molecule has 2 nitrogen and oxygen atoms in total. The van der Waals surface area contributed by atoms with Gasteiger partial charge in [0.25, 0.3) is 0 Å². The van der Waals surface area contributed by atoms with Crippen LogP contribution in [0.2, 0.25) is 0 Å². The summed E-state index contributed by atoms with van der Waals surface area (Å²) in [6.07, 6.45) is 4.38. The first kappa shape index (κ1) is 10.2. The third-order valence-electron chi connectivity index (χ3n) is 3.05. The minimum Gasteiger partial charge on any atom is -0.396 e. The molecule has 3 heteroatoms. The molecule has 16 heavy (non-hydrogen) atoms. The van der Waals surface area contributed by atoms with Crippen LogP contribution in [0.5, 0.6) is 0 Å². The van der Waals surface area contributed by atoms with Crippen LogP contribution in [0.1, 0.15) is 35.8 Å². The largest absolute Gasteiger partial charge is 0.396 e. The van der Waals surface area contributed by atoms with Crippen molar-refractivity contribution in [1.29, 1.82) is 0 Å². The van der Waals surface area contributed by atoms with Gasteiger partial charge in [0.15, 0.2) is 0 Å². The van der Waals surface area contributed by atoms with Crippen LogP contribution in [0.15, 0.2) is 18.2 Å². The van der Waals surface area contributed by atoms with E-state index in [0.29, 0.717) is 0 Å². The number of aliphatic hydroxyl groups is 1. The summed E-state index contributed by atoms with van der Waals surface area (Å²) in [5.41, 5.74) is 2.46. The van der Waals surface area contributed by atoms with Gasteiger partial charge in [-0.25, -0.2) is 4.98 Å². The summed E-state index contributed by atoms with van der Waals surface area (Å²) in [7, 11) is 0. The first-order valence-corrected chi connectivity index (χ1v) is 6.69. The molecule has 0 aliphatic heterocycles. The van der Waals surface area contributed by atoms with E-state index >= 15 is 0 Å². The summed E-state index contributed by atoms with van der Waals surface area (Å²) in [5.74, 6) is 0.739. The van der Waals surface area contributed by atoms with Crippen LogP contribution in [-0.4, -0.2) is 16.7 Å². The van der Waals surface area contributed by atoms with Crippen LogP contribution < -0.4 is 0 Å². The second-order valence-corrected chi connectivity index (χ2v) is 5.48. The van der Waals surface area contributed by atoms with E-state index in [1.165, 1.54) is 33.6 Å². The Morgan fingerprint density at radius 2 is 2.25 bits per heavy atom. The van der Waals surface area contributed by atoms with E-state index in [-0.39, 0.29) is 6.61 Å². The quantitative estimate of drug-likeness (QED) is 0.880. The van der Waals surface area contributed by atoms with Crippen LogP contribution in [0.25, 0.3) is 10.2 Å².